The first-order valence-electron chi connectivity index (χ1n) is 9.59. The summed E-state index contributed by atoms with van der Waals surface area (Å²) < 4.78 is 0. The molecule has 0 saturated carbocycles. The number of amides is 2. The summed E-state index contributed by atoms with van der Waals surface area (Å²) in [6, 6.07) is 6.85. The molecule has 168 valence electrons. The molecule has 2 amide bonds. The number of aliphatic hydroxyl groups excluding tert-OH is 1. The molecule has 0 aliphatic rings. The van der Waals surface area contributed by atoms with E-state index in [4.69, 9.17) is 11.5 Å². The van der Waals surface area contributed by atoms with Gasteiger partial charge < -0.3 is 32.0 Å². The van der Waals surface area contributed by atoms with Gasteiger partial charge in [0.1, 0.15) is 12.3 Å². The van der Waals surface area contributed by atoms with Crippen LogP contribution in [0.1, 0.15) is 44.8 Å². The molecule has 0 saturated heterocycles. The molecule has 0 aromatic heterocycles. The second kappa shape index (κ2) is 14.4. The topological polar surface area (TPSA) is 160 Å². The number of guanidine groups is 1. The second-order valence-corrected chi connectivity index (χ2v) is 7.20. The van der Waals surface area contributed by atoms with Gasteiger partial charge in [-0.05, 0) is 30.7 Å². The van der Waals surface area contributed by atoms with Crippen molar-refractivity contribution < 1.29 is 19.5 Å². The van der Waals surface area contributed by atoms with E-state index < -0.39 is 30.0 Å². The van der Waals surface area contributed by atoms with Crippen LogP contribution in [0.2, 0.25) is 0 Å². The SMILES string of the molecule is CC(C)C[C@H](NC(=O)C(O)c1ccccc1)C(=O)N[C@H](C=O)CCCN=C(N)N.Cl. The first-order valence-corrected chi connectivity index (χ1v) is 9.59. The van der Waals surface area contributed by atoms with Crippen LogP contribution in [-0.4, -0.2) is 47.8 Å². The number of halogens is 1. The van der Waals surface area contributed by atoms with Crippen LogP contribution in [0.4, 0.5) is 0 Å². The molecule has 0 heterocycles. The molecular weight excluding hydrogens is 410 g/mol. The largest absolute Gasteiger partial charge is 0.378 e. The lowest BCUT2D eigenvalue weighted by atomic mass is 10.0. The van der Waals surface area contributed by atoms with Gasteiger partial charge in [0.05, 0.1) is 6.04 Å². The summed E-state index contributed by atoms with van der Waals surface area (Å²) in [5.74, 6) is -1.08. The van der Waals surface area contributed by atoms with Crippen molar-refractivity contribution in [1.82, 2.24) is 10.6 Å². The van der Waals surface area contributed by atoms with E-state index in [0.29, 0.717) is 37.7 Å². The molecule has 1 aromatic rings. The maximum absolute atomic E-state index is 12.6. The lowest BCUT2D eigenvalue weighted by Gasteiger charge is -2.23. The summed E-state index contributed by atoms with van der Waals surface area (Å²) in [6.07, 6.45) is 0.482. The van der Waals surface area contributed by atoms with Crippen LogP contribution in [0.25, 0.3) is 0 Å². The molecule has 0 spiro atoms. The Labute approximate surface area is 183 Å². The van der Waals surface area contributed by atoms with E-state index in [1.165, 1.54) is 0 Å². The summed E-state index contributed by atoms with van der Waals surface area (Å²) >= 11 is 0. The van der Waals surface area contributed by atoms with Crippen LogP contribution in [0.15, 0.2) is 35.3 Å². The van der Waals surface area contributed by atoms with Gasteiger partial charge in [-0.2, -0.15) is 0 Å². The van der Waals surface area contributed by atoms with Gasteiger partial charge in [-0.3, -0.25) is 14.6 Å². The minimum Gasteiger partial charge on any atom is -0.378 e. The Morgan fingerprint density at radius 3 is 2.30 bits per heavy atom. The number of carbonyl (C=O) groups is 3. The third kappa shape index (κ3) is 10.2. The Hall–Kier alpha value is -2.65. The number of carbonyl (C=O) groups excluding carboxylic acids is 3. The molecule has 0 radical (unpaired) electrons. The summed E-state index contributed by atoms with van der Waals surface area (Å²) in [5, 5.41) is 15.5. The molecule has 0 fully saturated rings. The average molecular weight is 442 g/mol. The minimum atomic E-state index is -1.39. The molecule has 1 aromatic carbocycles. The lowest BCUT2D eigenvalue weighted by molar-refractivity contribution is -0.135. The first-order chi connectivity index (χ1) is 13.7. The van der Waals surface area contributed by atoms with Gasteiger partial charge in [0.25, 0.3) is 5.91 Å². The highest BCUT2D eigenvalue weighted by Gasteiger charge is 2.27. The maximum atomic E-state index is 12.6. The predicted octanol–water partition coefficient (Wildman–Crippen LogP) is 0.410. The lowest BCUT2D eigenvalue weighted by Crippen LogP contribution is -2.51. The summed E-state index contributed by atoms with van der Waals surface area (Å²) in [4.78, 5) is 40.2. The third-order valence-corrected chi connectivity index (χ3v) is 4.16. The zero-order chi connectivity index (χ0) is 21.8. The van der Waals surface area contributed by atoms with Crippen LogP contribution in [0.3, 0.4) is 0 Å². The summed E-state index contributed by atoms with van der Waals surface area (Å²) in [5.41, 5.74) is 10.9. The van der Waals surface area contributed by atoms with E-state index in [1.807, 2.05) is 13.8 Å². The van der Waals surface area contributed by atoms with Gasteiger partial charge in [0.2, 0.25) is 5.91 Å². The quantitative estimate of drug-likeness (QED) is 0.137. The van der Waals surface area contributed by atoms with Gasteiger partial charge in [-0.1, -0.05) is 44.2 Å². The van der Waals surface area contributed by atoms with Crippen LogP contribution in [0, 0.1) is 5.92 Å². The molecule has 0 aliphatic heterocycles. The van der Waals surface area contributed by atoms with E-state index in [1.54, 1.807) is 30.3 Å². The standard InChI is InChI=1S/C20H31N5O4.ClH/c1-13(2)11-16(25-19(29)17(27)14-7-4-3-5-8-14)18(28)24-15(12-26)9-6-10-23-20(21)22;/h3-5,7-8,12-13,15-17,27H,6,9-11H2,1-2H3,(H,24,28)(H,25,29)(H4,21,22,23);1H/t15-,16-,17?;/m0./s1. The maximum Gasteiger partial charge on any atom is 0.254 e. The Kier molecular flexibility index (Phi) is 13.1. The predicted molar refractivity (Wildman–Crippen MR) is 118 cm³/mol. The van der Waals surface area contributed by atoms with Gasteiger partial charge in [-0.15, -0.1) is 12.4 Å². The van der Waals surface area contributed by atoms with Gasteiger partial charge >= 0.3 is 0 Å². The average Bonchev–Trinajstić information content (AvgIpc) is 2.69. The molecule has 0 bridgehead atoms. The van der Waals surface area contributed by atoms with Crippen LogP contribution in [0.5, 0.6) is 0 Å². The molecule has 3 atom stereocenters. The van der Waals surface area contributed by atoms with Gasteiger partial charge in [-0.25, -0.2) is 0 Å². The number of rotatable bonds is 12. The van der Waals surface area contributed by atoms with Crippen LogP contribution >= 0.6 is 12.4 Å². The number of aliphatic imine (C=N–C) groups is 1. The van der Waals surface area contributed by atoms with Crippen molar-refractivity contribution >= 4 is 36.5 Å². The molecule has 0 aliphatic carbocycles. The Balaban J connectivity index is 0.00000841. The third-order valence-electron chi connectivity index (χ3n) is 4.16. The number of nitrogens with one attached hydrogen (secondary N) is 2. The van der Waals surface area contributed by atoms with Gasteiger partial charge in [0, 0.05) is 6.54 Å². The number of nitrogens with zero attached hydrogens (tertiary/aromatic N) is 1. The Morgan fingerprint density at radius 2 is 1.77 bits per heavy atom. The number of hydrogen-bond acceptors (Lipinski definition) is 5. The van der Waals surface area contributed by atoms with E-state index in [9.17, 15) is 19.5 Å². The fourth-order valence-corrected chi connectivity index (χ4v) is 2.72. The monoisotopic (exact) mass is 441 g/mol. The summed E-state index contributed by atoms with van der Waals surface area (Å²) in [7, 11) is 0. The molecule has 7 N–H and O–H groups in total. The van der Waals surface area contributed by atoms with Crippen molar-refractivity contribution in [3.8, 4) is 0 Å². The number of benzene rings is 1. The van der Waals surface area contributed by atoms with Crippen molar-refractivity contribution in [3.05, 3.63) is 35.9 Å². The second-order valence-electron chi connectivity index (χ2n) is 7.20. The zero-order valence-corrected chi connectivity index (χ0v) is 18.1. The normalized spacial score (nSPS) is 13.3. The first kappa shape index (κ1) is 27.4. The highest BCUT2D eigenvalue weighted by Crippen LogP contribution is 2.14. The van der Waals surface area contributed by atoms with Crippen molar-refractivity contribution in [3.63, 3.8) is 0 Å². The highest BCUT2D eigenvalue weighted by atomic mass is 35.5. The Bertz CT molecular complexity index is 696. The van der Waals surface area contributed by atoms with Crippen molar-refractivity contribution in [2.45, 2.75) is 51.3 Å². The summed E-state index contributed by atoms with van der Waals surface area (Å²) in [6.45, 7) is 4.16. The van der Waals surface area contributed by atoms with E-state index in [-0.39, 0.29) is 24.3 Å². The molecule has 30 heavy (non-hydrogen) atoms. The number of aldehydes is 1. The molecular formula is C20H32ClN5O4. The van der Waals surface area contributed by atoms with E-state index >= 15 is 0 Å². The molecule has 1 unspecified atom stereocenters. The number of hydrogen-bond donors (Lipinski definition) is 5. The number of nitrogens with two attached hydrogens (primary N) is 2. The molecule has 10 heteroatoms. The van der Waals surface area contributed by atoms with Crippen molar-refractivity contribution in [2.75, 3.05) is 6.54 Å². The number of aliphatic hydroxyl groups is 1. The van der Waals surface area contributed by atoms with Crippen molar-refractivity contribution in [2.24, 2.45) is 22.4 Å². The van der Waals surface area contributed by atoms with Crippen LogP contribution in [-0.2, 0) is 14.4 Å². The van der Waals surface area contributed by atoms with E-state index in [2.05, 4.69) is 15.6 Å². The fourth-order valence-electron chi connectivity index (χ4n) is 2.72. The van der Waals surface area contributed by atoms with Crippen LogP contribution < -0.4 is 22.1 Å². The minimum absolute atomic E-state index is 0. The van der Waals surface area contributed by atoms with Gasteiger partial charge in [0.15, 0.2) is 12.1 Å². The van der Waals surface area contributed by atoms with Crippen molar-refractivity contribution in [1.29, 1.82) is 0 Å². The van der Waals surface area contributed by atoms with E-state index in [0.717, 1.165) is 0 Å². The molecule has 1 rings (SSSR count). The zero-order valence-electron chi connectivity index (χ0n) is 17.3. The fraction of sp³-hybridized carbons (Fsp3) is 0.500. The smallest absolute Gasteiger partial charge is 0.254 e. The Morgan fingerprint density at radius 1 is 1.13 bits per heavy atom. The molecule has 9 nitrogen and oxygen atoms in total. The highest BCUT2D eigenvalue weighted by molar-refractivity contribution is 5.90.